The highest BCUT2D eigenvalue weighted by atomic mass is 32.1. The maximum atomic E-state index is 12.4. The summed E-state index contributed by atoms with van der Waals surface area (Å²) in [5, 5.41) is 5.37. The average Bonchev–Trinajstić information content (AvgIpc) is 3.30. The summed E-state index contributed by atoms with van der Waals surface area (Å²) in [6.45, 7) is 3.87. The number of carbonyl (C=O) groups is 1. The number of nitrogens with zero attached hydrogens (tertiary/aromatic N) is 2. The molecule has 6 heteroatoms. The summed E-state index contributed by atoms with van der Waals surface area (Å²) >= 11 is 1.41. The molecule has 0 aliphatic carbocycles. The van der Waals surface area contributed by atoms with E-state index >= 15 is 0 Å². The predicted molar refractivity (Wildman–Crippen MR) is 111 cm³/mol. The minimum atomic E-state index is -0.166. The number of amides is 1. The van der Waals surface area contributed by atoms with Crippen LogP contribution in [0.1, 0.15) is 17.0 Å². The number of nitrogens with one attached hydrogen (secondary N) is 1. The van der Waals surface area contributed by atoms with E-state index in [0.29, 0.717) is 22.5 Å². The molecular formula is C22H19N3O2S. The Labute approximate surface area is 167 Å². The SMILES string of the molecule is Cc1ccc(-c2csc(NC(=O)Cc3nc(-c4ccccc4)oc3C)n2)cc1. The molecule has 0 saturated carbocycles. The van der Waals surface area contributed by atoms with Crippen LogP contribution in [0.15, 0.2) is 64.4 Å². The fourth-order valence-electron chi connectivity index (χ4n) is 2.80. The smallest absolute Gasteiger partial charge is 0.232 e. The summed E-state index contributed by atoms with van der Waals surface area (Å²) in [7, 11) is 0. The van der Waals surface area contributed by atoms with Gasteiger partial charge in [0.2, 0.25) is 11.8 Å². The molecule has 0 fully saturated rings. The quantitative estimate of drug-likeness (QED) is 0.505. The molecule has 1 N–H and O–H groups in total. The van der Waals surface area contributed by atoms with Crippen molar-refractivity contribution in [1.29, 1.82) is 0 Å². The molecule has 2 heterocycles. The second kappa shape index (κ2) is 7.78. The maximum absolute atomic E-state index is 12.4. The van der Waals surface area contributed by atoms with Crippen LogP contribution in [0.4, 0.5) is 5.13 Å². The summed E-state index contributed by atoms with van der Waals surface area (Å²) in [6, 6.07) is 17.8. The highest BCUT2D eigenvalue weighted by Gasteiger charge is 2.16. The molecule has 140 valence electrons. The third-order valence-corrected chi connectivity index (χ3v) is 5.10. The van der Waals surface area contributed by atoms with Gasteiger partial charge in [0.05, 0.1) is 17.8 Å². The van der Waals surface area contributed by atoms with Gasteiger partial charge in [-0.25, -0.2) is 9.97 Å². The number of hydrogen-bond acceptors (Lipinski definition) is 5. The molecule has 0 bridgehead atoms. The van der Waals surface area contributed by atoms with Crippen LogP contribution in [-0.4, -0.2) is 15.9 Å². The zero-order chi connectivity index (χ0) is 19.5. The Morgan fingerprint density at radius 3 is 2.50 bits per heavy atom. The molecule has 2 aromatic heterocycles. The van der Waals surface area contributed by atoms with Gasteiger partial charge in [-0.05, 0) is 26.0 Å². The first-order valence-electron chi connectivity index (χ1n) is 8.92. The number of thiazole rings is 1. The summed E-state index contributed by atoms with van der Waals surface area (Å²) in [4.78, 5) is 21.4. The normalized spacial score (nSPS) is 10.8. The minimum absolute atomic E-state index is 0.140. The van der Waals surface area contributed by atoms with Crippen molar-refractivity contribution in [2.24, 2.45) is 0 Å². The van der Waals surface area contributed by atoms with Crippen molar-refractivity contribution >= 4 is 22.4 Å². The van der Waals surface area contributed by atoms with Gasteiger partial charge in [0.15, 0.2) is 5.13 Å². The number of oxazole rings is 1. The van der Waals surface area contributed by atoms with Crippen LogP contribution in [-0.2, 0) is 11.2 Å². The van der Waals surface area contributed by atoms with Crippen molar-refractivity contribution < 1.29 is 9.21 Å². The Balaban J connectivity index is 1.44. The van der Waals surface area contributed by atoms with E-state index in [1.807, 2.05) is 73.8 Å². The van der Waals surface area contributed by atoms with Crippen LogP contribution in [0.3, 0.4) is 0 Å². The third kappa shape index (κ3) is 4.02. The van der Waals surface area contributed by atoms with Gasteiger partial charge in [0.1, 0.15) is 5.76 Å². The van der Waals surface area contributed by atoms with Gasteiger partial charge in [-0.2, -0.15) is 0 Å². The zero-order valence-corrected chi connectivity index (χ0v) is 16.4. The number of benzene rings is 2. The van der Waals surface area contributed by atoms with Crippen LogP contribution < -0.4 is 5.32 Å². The molecule has 0 unspecified atom stereocenters. The Hall–Kier alpha value is -3.25. The number of rotatable bonds is 5. The molecule has 0 aliphatic rings. The fraction of sp³-hybridized carbons (Fsp3) is 0.136. The first-order chi connectivity index (χ1) is 13.6. The lowest BCUT2D eigenvalue weighted by Crippen LogP contribution is -2.15. The van der Waals surface area contributed by atoms with E-state index in [9.17, 15) is 4.79 Å². The summed E-state index contributed by atoms with van der Waals surface area (Å²) in [5.74, 6) is 1.01. The summed E-state index contributed by atoms with van der Waals surface area (Å²) in [6.07, 6.45) is 0.140. The third-order valence-electron chi connectivity index (χ3n) is 4.34. The predicted octanol–water partition coefficient (Wildman–Crippen LogP) is 5.26. The van der Waals surface area contributed by atoms with Gasteiger partial charge >= 0.3 is 0 Å². The lowest BCUT2D eigenvalue weighted by atomic mass is 10.1. The number of carbonyl (C=O) groups excluding carboxylic acids is 1. The fourth-order valence-corrected chi connectivity index (χ4v) is 3.54. The molecule has 0 atom stereocenters. The van der Waals surface area contributed by atoms with Crippen LogP contribution in [0, 0.1) is 13.8 Å². The van der Waals surface area contributed by atoms with E-state index in [2.05, 4.69) is 15.3 Å². The molecule has 0 saturated heterocycles. The molecular weight excluding hydrogens is 370 g/mol. The first kappa shape index (κ1) is 18.1. The second-order valence-electron chi connectivity index (χ2n) is 6.52. The monoisotopic (exact) mass is 389 g/mol. The second-order valence-corrected chi connectivity index (χ2v) is 7.37. The molecule has 0 radical (unpaired) electrons. The maximum Gasteiger partial charge on any atom is 0.232 e. The first-order valence-corrected chi connectivity index (χ1v) is 9.80. The zero-order valence-electron chi connectivity index (χ0n) is 15.6. The van der Waals surface area contributed by atoms with E-state index in [-0.39, 0.29) is 12.3 Å². The average molecular weight is 389 g/mol. The molecule has 0 spiro atoms. The summed E-state index contributed by atoms with van der Waals surface area (Å²) in [5.41, 5.74) is 4.60. The topological polar surface area (TPSA) is 68.0 Å². The van der Waals surface area contributed by atoms with Crippen LogP contribution in [0.5, 0.6) is 0 Å². The van der Waals surface area contributed by atoms with Gasteiger partial charge in [0.25, 0.3) is 0 Å². The van der Waals surface area contributed by atoms with Gasteiger partial charge in [0, 0.05) is 16.5 Å². The van der Waals surface area contributed by atoms with E-state index in [0.717, 1.165) is 16.8 Å². The van der Waals surface area contributed by atoms with Crippen molar-refractivity contribution in [1.82, 2.24) is 9.97 Å². The largest absolute Gasteiger partial charge is 0.441 e. The Bertz CT molecular complexity index is 1100. The molecule has 28 heavy (non-hydrogen) atoms. The Kier molecular flexibility index (Phi) is 5.04. The van der Waals surface area contributed by atoms with E-state index < -0.39 is 0 Å². The highest BCUT2D eigenvalue weighted by Crippen LogP contribution is 2.26. The molecule has 0 aliphatic heterocycles. The standard InChI is InChI=1S/C22H19N3O2S/c1-14-8-10-16(11-9-14)19-13-28-22(24-19)25-20(26)12-18-15(2)27-21(23-18)17-6-4-3-5-7-17/h3-11,13H,12H2,1-2H3,(H,24,25,26). The number of anilines is 1. The molecule has 2 aromatic carbocycles. The van der Waals surface area contributed by atoms with Gasteiger partial charge in [-0.1, -0.05) is 48.0 Å². The van der Waals surface area contributed by atoms with Gasteiger partial charge in [-0.15, -0.1) is 11.3 Å². The van der Waals surface area contributed by atoms with E-state index in [1.165, 1.54) is 16.9 Å². The van der Waals surface area contributed by atoms with Crippen LogP contribution >= 0.6 is 11.3 Å². The lowest BCUT2D eigenvalue weighted by Gasteiger charge is -2.00. The van der Waals surface area contributed by atoms with Crippen LogP contribution in [0.25, 0.3) is 22.7 Å². The minimum Gasteiger partial charge on any atom is -0.441 e. The van der Waals surface area contributed by atoms with E-state index in [4.69, 9.17) is 4.42 Å². The van der Waals surface area contributed by atoms with Crippen molar-refractivity contribution in [3.05, 3.63) is 77.0 Å². The number of aromatic nitrogens is 2. The van der Waals surface area contributed by atoms with Crippen molar-refractivity contribution in [3.8, 4) is 22.7 Å². The molecule has 4 aromatic rings. The number of hydrogen-bond donors (Lipinski definition) is 1. The van der Waals surface area contributed by atoms with E-state index in [1.54, 1.807) is 0 Å². The van der Waals surface area contributed by atoms with Crippen molar-refractivity contribution in [2.75, 3.05) is 5.32 Å². The Morgan fingerprint density at radius 2 is 1.75 bits per heavy atom. The molecule has 5 nitrogen and oxygen atoms in total. The van der Waals surface area contributed by atoms with Crippen molar-refractivity contribution in [2.45, 2.75) is 20.3 Å². The molecule has 4 rings (SSSR count). The summed E-state index contributed by atoms with van der Waals surface area (Å²) < 4.78 is 5.72. The van der Waals surface area contributed by atoms with Gasteiger partial charge in [-0.3, -0.25) is 4.79 Å². The lowest BCUT2D eigenvalue weighted by molar-refractivity contribution is -0.115. The van der Waals surface area contributed by atoms with Crippen molar-refractivity contribution in [3.63, 3.8) is 0 Å². The highest BCUT2D eigenvalue weighted by molar-refractivity contribution is 7.14. The van der Waals surface area contributed by atoms with Crippen LogP contribution in [0.2, 0.25) is 0 Å². The van der Waals surface area contributed by atoms with Gasteiger partial charge < -0.3 is 9.73 Å². The number of aryl methyl sites for hydroxylation is 2. The molecule has 1 amide bonds. The Morgan fingerprint density at radius 1 is 1.00 bits per heavy atom.